The molecule has 0 saturated carbocycles. The van der Waals surface area contributed by atoms with Crippen LogP contribution in [0.2, 0.25) is 0 Å². The van der Waals surface area contributed by atoms with E-state index in [1.54, 1.807) is 17.8 Å². The van der Waals surface area contributed by atoms with Crippen molar-refractivity contribution in [3.05, 3.63) is 36.0 Å². The molecule has 0 saturated heterocycles. The Kier molecular flexibility index (Phi) is 9.25. The summed E-state index contributed by atoms with van der Waals surface area (Å²) in [5.41, 5.74) is 0.674. The number of halogens is 4. The maximum Gasteiger partial charge on any atom is 0.422 e. The Balaban J connectivity index is 0.00000364. The Morgan fingerprint density at radius 2 is 2.07 bits per heavy atom. The number of aryl methyl sites for hydroxylation is 1. The summed E-state index contributed by atoms with van der Waals surface area (Å²) in [6.45, 7) is 1.88. The maximum absolute atomic E-state index is 12.2. The van der Waals surface area contributed by atoms with Crippen molar-refractivity contribution in [2.45, 2.75) is 26.2 Å². The number of hydrogen-bond donors (Lipinski definition) is 2. The van der Waals surface area contributed by atoms with Gasteiger partial charge in [0, 0.05) is 25.9 Å². The quantitative estimate of drug-likeness (QED) is 0.345. The molecule has 2 aromatic rings. The third-order valence-electron chi connectivity index (χ3n) is 3.17. The second kappa shape index (κ2) is 10.9. The fourth-order valence-electron chi connectivity index (χ4n) is 1.94. The number of hydrogen-bond acceptors (Lipinski definition) is 5. The molecule has 0 atom stereocenters. The Bertz CT molecular complexity index is 736. The lowest BCUT2D eigenvalue weighted by molar-refractivity contribution is -0.154. The summed E-state index contributed by atoms with van der Waals surface area (Å²) in [7, 11) is 1.79. The molecule has 0 aliphatic rings. The highest BCUT2D eigenvalue weighted by Crippen LogP contribution is 2.17. The molecule has 0 aromatic carbocycles. The van der Waals surface area contributed by atoms with Gasteiger partial charge in [0.25, 0.3) is 0 Å². The van der Waals surface area contributed by atoms with Crippen LogP contribution < -0.4 is 15.4 Å². The number of guanidine groups is 1. The largest absolute Gasteiger partial charge is 0.468 e. The smallest absolute Gasteiger partial charge is 0.422 e. The molecule has 0 unspecified atom stereocenters. The Labute approximate surface area is 171 Å². The molecule has 0 amide bonds. The molecular formula is C15H21F3IN7O. The van der Waals surface area contributed by atoms with Crippen LogP contribution in [0, 0.1) is 0 Å². The number of nitrogens with one attached hydrogen (secondary N) is 2. The van der Waals surface area contributed by atoms with Crippen molar-refractivity contribution in [1.82, 2.24) is 30.4 Å². The van der Waals surface area contributed by atoms with Gasteiger partial charge < -0.3 is 15.4 Å². The summed E-state index contributed by atoms with van der Waals surface area (Å²) in [6, 6.07) is 3.09. The van der Waals surface area contributed by atoms with E-state index in [0.717, 1.165) is 5.82 Å². The standard InChI is InChI=1S/C15H20F3N7O.HI/c1-3-19-14(22-8-12-23-10-24-25(12)2)21-7-11-4-5-20-13(6-11)26-9-15(16,17)18;/h4-6,10H,3,7-9H2,1-2H3,(H2,19,21,22);1H. The van der Waals surface area contributed by atoms with E-state index >= 15 is 0 Å². The van der Waals surface area contributed by atoms with Crippen LogP contribution in [0.25, 0.3) is 0 Å². The third kappa shape index (κ3) is 8.41. The van der Waals surface area contributed by atoms with Crippen LogP contribution in [0.5, 0.6) is 5.88 Å². The van der Waals surface area contributed by atoms with Gasteiger partial charge in [-0.05, 0) is 18.6 Å². The molecule has 27 heavy (non-hydrogen) atoms. The molecule has 0 radical (unpaired) electrons. The van der Waals surface area contributed by atoms with E-state index in [0.29, 0.717) is 24.6 Å². The molecule has 2 rings (SSSR count). The summed E-state index contributed by atoms with van der Waals surface area (Å²) in [6.07, 6.45) is -1.56. The number of alkyl halides is 3. The first-order valence-electron chi connectivity index (χ1n) is 7.87. The van der Waals surface area contributed by atoms with E-state index in [1.165, 1.54) is 18.6 Å². The molecular weight excluding hydrogens is 478 g/mol. The molecule has 12 heteroatoms. The van der Waals surface area contributed by atoms with Crippen molar-refractivity contribution in [3.63, 3.8) is 0 Å². The van der Waals surface area contributed by atoms with Crippen LogP contribution in [0.4, 0.5) is 13.2 Å². The average molecular weight is 499 g/mol. The summed E-state index contributed by atoms with van der Waals surface area (Å²) in [5.74, 6) is 1.19. The van der Waals surface area contributed by atoms with E-state index < -0.39 is 12.8 Å². The summed E-state index contributed by atoms with van der Waals surface area (Å²) < 4.78 is 42.9. The Morgan fingerprint density at radius 3 is 2.70 bits per heavy atom. The molecule has 0 spiro atoms. The van der Waals surface area contributed by atoms with Gasteiger partial charge in [-0.15, -0.1) is 24.0 Å². The zero-order valence-corrected chi connectivity index (χ0v) is 17.2. The predicted octanol–water partition coefficient (Wildman–Crippen LogP) is 2.02. The van der Waals surface area contributed by atoms with Crippen LogP contribution in [0.3, 0.4) is 0 Å². The van der Waals surface area contributed by atoms with Crippen molar-refractivity contribution in [1.29, 1.82) is 0 Å². The van der Waals surface area contributed by atoms with Gasteiger partial charge >= 0.3 is 6.18 Å². The Morgan fingerprint density at radius 1 is 1.30 bits per heavy atom. The molecule has 0 fully saturated rings. The van der Waals surface area contributed by atoms with Gasteiger partial charge in [-0.1, -0.05) is 0 Å². The third-order valence-corrected chi connectivity index (χ3v) is 3.17. The topological polar surface area (TPSA) is 89.2 Å². The number of nitrogens with zero attached hydrogens (tertiary/aromatic N) is 5. The van der Waals surface area contributed by atoms with Crippen molar-refractivity contribution in [3.8, 4) is 5.88 Å². The summed E-state index contributed by atoms with van der Waals surface area (Å²) in [4.78, 5) is 12.3. The molecule has 0 bridgehead atoms. The van der Waals surface area contributed by atoms with Gasteiger partial charge in [0.05, 0.1) is 13.1 Å². The molecule has 8 nitrogen and oxygen atoms in total. The second-order valence-electron chi connectivity index (χ2n) is 5.25. The highest BCUT2D eigenvalue weighted by atomic mass is 127. The number of aromatic nitrogens is 4. The SMILES string of the molecule is CCNC(=NCc1ccnc(OCC(F)(F)F)c1)NCc1ncnn1C.I. The summed E-state index contributed by atoms with van der Waals surface area (Å²) in [5, 5.41) is 10.2. The van der Waals surface area contributed by atoms with Gasteiger partial charge in [-0.2, -0.15) is 18.3 Å². The zero-order valence-electron chi connectivity index (χ0n) is 14.8. The molecule has 0 aliphatic carbocycles. The molecule has 2 heterocycles. The van der Waals surface area contributed by atoms with Crippen molar-refractivity contribution in [2.75, 3.05) is 13.2 Å². The van der Waals surface area contributed by atoms with Crippen molar-refractivity contribution >= 4 is 29.9 Å². The van der Waals surface area contributed by atoms with E-state index in [-0.39, 0.29) is 36.4 Å². The number of aliphatic imine (C=N–C) groups is 1. The van der Waals surface area contributed by atoms with Crippen molar-refractivity contribution in [2.24, 2.45) is 12.0 Å². The molecule has 0 aliphatic heterocycles. The van der Waals surface area contributed by atoms with Crippen molar-refractivity contribution < 1.29 is 17.9 Å². The average Bonchev–Trinajstić information content (AvgIpc) is 3.00. The first-order chi connectivity index (χ1) is 12.4. The van der Waals surface area contributed by atoms with Crippen LogP contribution in [0.1, 0.15) is 18.3 Å². The number of ether oxygens (including phenoxy) is 1. The summed E-state index contributed by atoms with van der Waals surface area (Å²) >= 11 is 0. The highest BCUT2D eigenvalue weighted by Gasteiger charge is 2.28. The van der Waals surface area contributed by atoms with Gasteiger partial charge in [0.1, 0.15) is 12.2 Å². The molecule has 150 valence electrons. The normalized spacial score (nSPS) is 11.7. The van der Waals surface area contributed by atoms with Gasteiger partial charge in [-0.25, -0.2) is 15.0 Å². The van der Waals surface area contributed by atoms with E-state index in [9.17, 15) is 13.2 Å². The lowest BCUT2D eigenvalue weighted by Crippen LogP contribution is -2.37. The van der Waals surface area contributed by atoms with Gasteiger partial charge in [0.2, 0.25) is 5.88 Å². The Hall–Kier alpha value is -2.12. The zero-order chi connectivity index (χ0) is 19.0. The fraction of sp³-hybridized carbons (Fsp3) is 0.467. The highest BCUT2D eigenvalue weighted by molar-refractivity contribution is 14.0. The minimum absolute atomic E-state index is 0. The second-order valence-corrected chi connectivity index (χ2v) is 5.25. The monoisotopic (exact) mass is 499 g/mol. The van der Waals surface area contributed by atoms with E-state index in [2.05, 4.69) is 35.4 Å². The van der Waals surface area contributed by atoms with E-state index in [1.807, 2.05) is 6.92 Å². The van der Waals surface area contributed by atoms with E-state index in [4.69, 9.17) is 0 Å². The number of rotatable bonds is 7. The first-order valence-corrected chi connectivity index (χ1v) is 7.87. The number of pyridine rings is 1. The lowest BCUT2D eigenvalue weighted by atomic mass is 10.3. The van der Waals surface area contributed by atoms with Gasteiger partial charge in [0.15, 0.2) is 12.6 Å². The van der Waals surface area contributed by atoms with Crippen LogP contribution in [-0.2, 0) is 20.1 Å². The first kappa shape index (κ1) is 22.9. The van der Waals surface area contributed by atoms with Crippen LogP contribution in [-0.4, -0.2) is 45.0 Å². The van der Waals surface area contributed by atoms with Gasteiger partial charge in [-0.3, -0.25) is 4.68 Å². The maximum atomic E-state index is 12.2. The fourth-order valence-corrected chi connectivity index (χ4v) is 1.94. The minimum Gasteiger partial charge on any atom is -0.468 e. The van der Waals surface area contributed by atoms with Crippen LogP contribution in [0.15, 0.2) is 29.6 Å². The predicted molar refractivity (Wildman–Crippen MR) is 104 cm³/mol. The minimum atomic E-state index is -4.40. The molecule has 2 aromatic heterocycles. The van der Waals surface area contributed by atoms with Crippen LogP contribution >= 0.6 is 24.0 Å². The molecule has 2 N–H and O–H groups in total. The lowest BCUT2D eigenvalue weighted by Gasteiger charge is -2.11.